The van der Waals surface area contributed by atoms with Gasteiger partial charge in [0.2, 0.25) is 5.91 Å². The van der Waals surface area contributed by atoms with Gasteiger partial charge in [-0.2, -0.15) is 0 Å². The highest BCUT2D eigenvalue weighted by molar-refractivity contribution is 5.93. The molecule has 1 aromatic carbocycles. The molecule has 1 atom stereocenters. The van der Waals surface area contributed by atoms with E-state index in [1.807, 2.05) is 0 Å². The molecule has 1 saturated heterocycles. The molecule has 1 heterocycles. The summed E-state index contributed by atoms with van der Waals surface area (Å²) in [6, 6.07) is 4.85. The van der Waals surface area contributed by atoms with Crippen molar-refractivity contribution in [2.24, 2.45) is 5.73 Å². The van der Waals surface area contributed by atoms with Crippen LogP contribution in [0.3, 0.4) is 0 Å². The lowest BCUT2D eigenvalue weighted by Gasteiger charge is -2.22. The highest BCUT2D eigenvalue weighted by atomic mass is 16.7. The fourth-order valence-electron chi connectivity index (χ4n) is 2.10. The predicted octanol–water partition coefficient (Wildman–Crippen LogP) is 1.72. The summed E-state index contributed by atoms with van der Waals surface area (Å²) >= 11 is 0. The normalized spacial score (nSPS) is 18.2. The largest absolute Gasteiger partial charge is 0.497 e. The minimum Gasteiger partial charge on any atom is -0.497 e. The van der Waals surface area contributed by atoms with Gasteiger partial charge in [0, 0.05) is 18.2 Å². The number of nitrogens with two attached hydrogens (primary N) is 1. The van der Waals surface area contributed by atoms with Crippen molar-refractivity contribution >= 4 is 5.91 Å². The van der Waals surface area contributed by atoms with E-state index in [1.165, 1.54) is 7.11 Å². The summed E-state index contributed by atoms with van der Waals surface area (Å²) in [6.07, 6.45) is 3.01. The summed E-state index contributed by atoms with van der Waals surface area (Å²) in [5.74, 6) is 0.528. The van der Waals surface area contributed by atoms with Gasteiger partial charge in [-0.25, -0.2) is 0 Å². The highest BCUT2D eigenvalue weighted by Gasteiger charge is 2.13. The minimum atomic E-state index is -0.523. The zero-order chi connectivity index (χ0) is 15.1. The third kappa shape index (κ3) is 4.91. The van der Waals surface area contributed by atoms with E-state index in [0.717, 1.165) is 25.9 Å². The average Bonchev–Trinajstić information content (AvgIpc) is 2.52. The molecule has 0 aliphatic carbocycles. The molecule has 1 amide bonds. The Morgan fingerprint density at radius 2 is 2.10 bits per heavy atom. The fraction of sp³-hybridized carbons (Fsp3) is 0.533. The Labute approximate surface area is 124 Å². The zero-order valence-corrected chi connectivity index (χ0v) is 12.2. The molecule has 2 rings (SSSR count). The Kier molecular flexibility index (Phi) is 5.83. The second kappa shape index (κ2) is 7.85. The molecule has 0 spiro atoms. The van der Waals surface area contributed by atoms with Crippen LogP contribution in [0.2, 0.25) is 0 Å². The number of ether oxygens (including phenoxy) is 4. The maximum atomic E-state index is 11.2. The van der Waals surface area contributed by atoms with Gasteiger partial charge in [-0.1, -0.05) is 0 Å². The number of carbonyl (C=O) groups is 1. The van der Waals surface area contributed by atoms with Crippen molar-refractivity contribution in [1.29, 1.82) is 0 Å². The number of methoxy groups -OCH3 is 1. The lowest BCUT2D eigenvalue weighted by atomic mass is 10.2. The lowest BCUT2D eigenvalue weighted by Crippen LogP contribution is -2.24. The summed E-state index contributed by atoms with van der Waals surface area (Å²) in [7, 11) is 1.52. The standard InChI is InChI=1S/C15H21NO5/c1-18-12-8-11(15(16)17)9-13(10-12)19-6-7-21-14-4-2-3-5-20-14/h8-10,14H,2-7H2,1H3,(H2,16,17). The quantitative estimate of drug-likeness (QED) is 0.775. The van der Waals surface area contributed by atoms with Crippen molar-refractivity contribution in [2.75, 3.05) is 26.9 Å². The Hall–Kier alpha value is -1.79. The maximum absolute atomic E-state index is 11.2. The molecule has 0 radical (unpaired) electrons. The molecule has 1 fully saturated rings. The number of rotatable bonds is 7. The van der Waals surface area contributed by atoms with Crippen LogP contribution < -0.4 is 15.2 Å². The van der Waals surface area contributed by atoms with E-state index in [0.29, 0.717) is 30.3 Å². The van der Waals surface area contributed by atoms with Gasteiger partial charge in [0.05, 0.1) is 13.7 Å². The fourth-order valence-corrected chi connectivity index (χ4v) is 2.10. The Bertz CT molecular complexity index is 471. The number of primary amides is 1. The first-order valence-electron chi connectivity index (χ1n) is 7.04. The highest BCUT2D eigenvalue weighted by Crippen LogP contribution is 2.22. The first-order valence-corrected chi connectivity index (χ1v) is 7.04. The molecule has 1 aliphatic heterocycles. The molecule has 0 aromatic heterocycles. The van der Waals surface area contributed by atoms with Gasteiger partial charge >= 0.3 is 0 Å². The van der Waals surface area contributed by atoms with Crippen LogP contribution in [0.25, 0.3) is 0 Å². The van der Waals surface area contributed by atoms with Crippen molar-refractivity contribution in [1.82, 2.24) is 0 Å². The Morgan fingerprint density at radius 1 is 1.29 bits per heavy atom. The van der Waals surface area contributed by atoms with E-state index < -0.39 is 5.91 Å². The van der Waals surface area contributed by atoms with E-state index in [4.69, 9.17) is 24.7 Å². The maximum Gasteiger partial charge on any atom is 0.248 e. The van der Waals surface area contributed by atoms with Crippen LogP contribution in [-0.2, 0) is 9.47 Å². The molecule has 0 saturated carbocycles. The topological polar surface area (TPSA) is 80.0 Å². The van der Waals surface area contributed by atoms with Crippen molar-refractivity contribution in [2.45, 2.75) is 25.6 Å². The van der Waals surface area contributed by atoms with Crippen molar-refractivity contribution < 1.29 is 23.7 Å². The summed E-state index contributed by atoms with van der Waals surface area (Å²) < 4.78 is 21.7. The summed E-state index contributed by atoms with van der Waals surface area (Å²) in [4.78, 5) is 11.2. The molecule has 2 N–H and O–H groups in total. The van der Waals surface area contributed by atoms with E-state index in [9.17, 15) is 4.79 Å². The zero-order valence-electron chi connectivity index (χ0n) is 12.2. The molecule has 21 heavy (non-hydrogen) atoms. The van der Waals surface area contributed by atoms with Gasteiger partial charge < -0.3 is 24.7 Å². The van der Waals surface area contributed by atoms with Crippen LogP contribution in [0.15, 0.2) is 18.2 Å². The first kappa shape index (κ1) is 15.6. The summed E-state index contributed by atoms with van der Waals surface area (Å²) in [5.41, 5.74) is 5.62. The van der Waals surface area contributed by atoms with Crippen LogP contribution in [0.5, 0.6) is 11.5 Å². The van der Waals surface area contributed by atoms with Gasteiger partial charge in [0.25, 0.3) is 0 Å². The predicted molar refractivity (Wildman–Crippen MR) is 76.5 cm³/mol. The minimum absolute atomic E-state index is 0.131. The van der Waals surface area contributed by atoms with Crippen LogP contribution in [-0.4, -0.2) is 39.1 Å². The van der Waals surface area contributed by atoms with Gasteiger partial charge in [-0.15, -0.1) is 0 Å². The van der Waals surface area contributed by atoms with E-state index in [-0.39, 0.29) is 6.29 Å². The van der Waals surface area contributed by atoms with Crippen molar-refractivity contribution in [3.8, 4) is 11.5 Å². The molecule has 1 aliphatic rings. The van der Waals surface area contributed by atoms with Crippen LogP contribution in [0.4, 0.5) is 0 Å². The van der Waals surface area contributed by atoms with Crippen LogP contribution in [0, 0.1) is 0 Å². The van der Waals surface area contributed by atoms with E-state index >= 15 is 0 Å². The monoisotopic (exact) mass is 295 g/mol. The summed E-state index contributed by atoms with van der Waals surface area (Å²) in [5, 5.41) is 0. The smallest absolute Gasteiger partial charge is 0.248 e. The van der Waals surface area contributed by atoms with Gasteiger partial charge in [0.15, 0.2) is 6.29 Å². The molecule has 6 heteroatoms. The first-order chi connectivity index (χ1) is 10.2. The van der Waals surface area contributed by atoms with Crippen molar-refractivity contribution in [3.63, 3.8) is 0 Å². The molecule has 0 bridgehead atoms. The summed E-state index contributed by atoms with van der Waals surface area (Å²) in [6.45, 7) is 1.54. The average molecular weight is 295 g/mol. The number of benzene rings is 1. The molecule has 1 unspecified atom stereocenters. The van der Waals surface area contributed by atoms with Crippen LogP contribution in [0.1, 0.15) is 29.6 Å². The van der Waals surface area contributed by atoms with Gasteiger partial charge in [-0.05, 0) is 31.4 Å². The SMILES string of the molecule is COc1cc(OCCOC2CCCCO2)cc(C(N)=O)c1. The molecule has 6 nitrogen and oxygen atoms in total. The van der Waals surface area contributed by atoms with Gasteiger partial charge in [-0.3, -0.25) is 4.79 Å². The number of hydrogen-bond donors (Lipinski definition) is 1. The molecule has 1 aromatic rings. The van der Waals surface area contributed by atoms with E-state index in [1.54, 1.807) is 18.2 Å². The second-order valence-electron chi connectivity index (χ2n) is 4.78. The number of carbonyl (C=O) groups excluding carboxylic acids is 1. The van der Waals surface area contributed by atoms with Gasteiger partial charge in [0.1, 0.15) is 18.1 Å². The number of amides is 1. The van der Waals surface area contributed by atoms with Crippen LogP contribution >= 0.6 is 0 Å². The lowest BCUT2D eigenvalue weighted by molar-refractivity contribution is -0.165. The number of hydrogen-bond acceptors (Lipinski definition) is 5. The third-order valence-corrected chi connectivity index (χ3v) is 3.19. The molecule has 116 valence electrons. The third-order valence-electron chi connectivity index (χ3n) is 3.19. The van der Waals surface area contributed by atoms with E-state index in [2.05, 4.69) is 0 Å². The molecular formula is C15H21NO5. The Morgan fingerprint density at radius 3 is 2.76 bits per heavy atom. The second-order valence-corrected chi connectivity index (χ2v) is 4.78. The Balaban J connectivity index is 1.81. The molecular weight excluding hydrogens is 274 g/mol. The van der Waals surface area contributed by atoms with Crippen molar-refractivity contribution in [3.05, 3.63) is 23.8 Å².